The summed E-state index contributed by atoms with van der Waals surface area (Å²) in [6.45, 7) is 3.22. The number of nitrogens with zero attached hydrogens (tertiary/aromatic N) is 2. The molecule has 1 aliphatic heterocycles. The summed E-state index contributed by atoms with van der Waals surface area (Å²) in [6, 6.07) is 15.0. The molecule has 1 aliphatic carbocycles. The molecule has 28 heavy (non-hydrogen) atoms. The van der Waals surface area contributed by atoms with Crippen LogP contribution in [0.3, 0.4) is 0 Å². The highest BCUT2D eigenvalue weighted by molar-refractivity contribution is 7.12. The first-order chi connectivity index (χ1) is 13.8. The zero-order valence-corrected chi connectivity index (χ0v) is 16.7. The number of carbonyl (C=O) groups is 1. The van der Waals surface area contributed by atoms with E-state index in [1.807, 2.05) is 12.4 Å². The summed E-state index contributed by atoms with van der Waals surface area (Å²) in [5.41, 5.74) is 5.20. The number of carbonyl (C=O) groups excluding carboxylic acids is 1. The van der Waals surface area contributed by atoms with E-state index in [0.29, 0.717) is 18.3 Å². The van der Waals surface area contributed by atoms with E-state index in [1.165, 1.54) is 35.1 Å². The molecule has 0 amide bonds. The number of ketones is 1. The maximum Gasteiger partial charge on any atom is 0.177 e. The van der Waals surface area contributed by atoms with Gasteiger partial charge < -0.3 is 0 Å². The van der Waals surface area contributed by atoms with Crippen LogP contribution in [-0.2, 0) is 13.0 Å². The third kappa shape index (κ3) is 3.31. The number of likely N-dealkylation sites (tertiary alicyclic amines) is 1. The number of pyridine rings is 1. The fourth-order valence-corrected chi connectivity index (χ4v) is 5.79. The van der Waals surface area contributed by atoms with Crippen LogP contribution >= 0.6 is 11.3 Å². The molecule has 2 aromatic heterocycles. The molecular formula is C24H24N2OS. The summed E-state index contributed by atoms with van der Waals surface area (Å²) < 4.78 is 0. The van der Waals surface area contributed by atoms with Gasteiger partial charge in [0, 0.05) is 31.3 Å². The monoisotopic (exact) mass is 388 g/mol. The van der Waals surface area contributed by atoms with Gasteiger partial charge in [0.15, 0.2) is 5.78 Å². The minimum absolute atomic E-state index is 0.287. The van der Waals surface area contributed by atoms with E-state index in [1.54, 1.807) is 11.3 Å². The van der Waals surface area contributed by atoms with Gasteiger partial charge in [0.25, 0.3) is 0 Å². The van der Waals surface area contributed by atoms with Crippen molar-refractivity contribution in [3.8, 4) is 0 Å². The molecule has 0 saturated carbocycles. The van der Waals surface area contributed by atoms with E-state index in [9.17, 15) is 4.79 Å². The molecule has 0 N–H and O–H groups in total. The Morgan fingerprint density at radius 3 is 2.61 bits per heavy atom. The summed E-state index contributed by atoms with van der Waals surface area (Å²) >= 11 is 1.62. The molecule has 2 aliphatic rings. The maximum absolute atomic E-state index is 12.8. The first-order valence-corrected chi connectivity index (χ1v) is 11.0. The highest BCUT2D eigenvalue weighted by Crippen LogP contribution is 2.44. The minimum atomic E-state index is 0.287. The number of Topliss-reactive ketones (excluding diaryl/α,β-unsaturated/α-hetero) is 1. The Hall–Kier alpha value is -2.30. The number of aromatic nitrogens is 1. The zero-order valence-electron chi connectivity index (χ0n) is 15.9. The summed E-state index contributed by atoms with van der Waals surface area (Å²) in [6.07, 6.45) is 6.64. The molecule has 4 heteroatoms. The van der Waals surface area contributed by atoms with Crippen LogP contribution in [0.25, 0.3) is 0 Å². The zero-order chi connectivity index (χ0) is 18.9. The van der Waals surface area contributed by atoms with Gasteiger partial charge in [-0.2, -0.15) is 0 Å². The Balaban J connectivity index is 1.40. The van der Waals surface area contributed by atoms with Gasteiger partial charge >= 0.3 is 0 Å². The van der Waals surface area contributed by atoms with Crippen LogP contribution in [0.2, 0.25) is 0 Å². The minimum Gasteiger partial charge on any atom is -0.299 e. The van der Waals surface area contributed by atoms with Crippen LogP contribution in [0.15, 0.2) is 60.2 Å². The molecule has 3 nitrogen and oxygen atoms in total. The lowest BCUT2D eigenvalue weighted by Crippen LogP contribution is -2.35. The number of thiophene rings is 1. The molecule has 1 atom stereocenters. The van der Waals surface area contributed by atoms with E-state index < -0.39 is 0 Å². The van der Waals surface area contributed by atoms with Gasteiger partial charge in [-0.05, 0) is 77.7 Å². The van der Waals surface area contributed by atoms with Gasteiger partial charge in [-0.3, -0.25) is 14.7 Å². The maximum atomic E-state index is 12.8. The standard InChI is InChI=1S/C24H24N2OS/c27-22-15-19-3-1-2-4-20(19)23(21-9-14-28-24(21)22)18-7-12-26(13-8-18)16-17-5-10-25-11-6-17/h1-6,9-11,14,18,23H,7-8,12-13,15-16H2. The van der Waals surface area contributed by atoms with E-state index in [4.69, 9.17) is 0 Å². The number of hydrogen-bond donors (Lipinski definition) is 0. The molecule has 142 valence electrons. The van der Waals surface area contributed by atoms with Crippen LogP contribution in [0.4, 0.5) is 0 Å². The molecule has 0 spiro atoms. The van der Waals surface area contributed by atoms with Crippen molar-refractivity contribution >= 4 is 17.1 Å². The van der Waals surface area contributed by atoms with Crippen molar-refractivity contribution in [1.82, 2.24) is 9.88 Å². The predicted octanol–water partition coefficient (Wildman–Crippen LogP) is 4.93. The second-order valence-electron chi connectivity index (χ2n) is 7.95. The normalized spacial score (nSPS) is 20.4. The van der Waals surface area contributed by atoms with Crippen LogP contribution in [0.1, 0.15) is 50.7 Å². The van der Waals surface area contributed by atoms with Crippen molar-refractivity contribution in [1.29, 1.82) is 0 Å². The molecule has 5 rings (SSSR count). The Morgan fingerprint density at radius 2 is 1.79 bits per heavy atom. The average molecular weight is 389 g/mol. The van der Waals surface area contributed by atoms with Crippen molar-refractivity contribution in [3.63, 3.8) is 0 Å². The lowest BCUT2D eigenvalue weighted by atomic mass is 9.75. The highest BCUT2D eigenvalue weighted by atomic mass is 32.1. The largest absolute Gasteiger partial charge is 0.299 e. The summed E-state index contributed by atoms with van der Waals surface area (Å²) in [5, 5.41) is 2.10. The Kier molecular flexibility index (Phi) is 4.83. The van der Waals surface area contributed by atoms with Crippen molar-refractivity contribution < 1.29 is 4.79 Å². The molecule has 1 saturated heterocycles. The van der Waals surface area contributed by atoms with E-state index in [-0.39, 0.29) is 5.78 Å². The predicted molar refractivity (Wildman–Crippen MR) is 113 cm³/mol. The van der Waals surface area contributed by atoms with Crippen molar-refractivity contribution in [2.24, 2.45) is 5.92 Å². The molecule has 1 unspecified atom stereocenters. The Labute approximate surface area is 170 Å². The van der Waals surface area contributed by atoms with Crippen LogP contribution in [-0.4, -0.2) is 28.8 Å². The summed E-state index contributed by atoms with van der Waals surface area (Å²) in [4.78, 5) is 20.5. The Bertz CT molecular complexity index is 973. The van der Waals surface area contributed by atoms with E-state index in [2.05, 4.69) is 57.7 Å². The van der Waals surface area contributed by atoms with Crippen LogP contribution in [0.5, 0.6) is 0 Å². The molecule has 0 radical (unpaired) electrons. The third-order valence-electron chi connectivity index (χ3n) is 6.28. The molecule has 3 aromatic rings. The summed E-state index contributed by atoms with van der Waals surface area (Å²) in [5.74, 6) is 1.23. The number of rotatable bonds is 3. The summed E-state index contributed by atoms with van der Waals surface area (Å²) in [7, 11) is 0. The lowest BCUT2D eigenvalue weighted by Gasteiger charge is -2.36. The number of hydrogen-bond acceptors (Lipinski definition) is 4. The number of benzene rings is 1. The van der Waals surface area contributed by atoms with Crippen molar-refractivity contribution in [2.75, 3.05) is 13.1 Å². The van der Waals surface area contributed by atoms with E-state index in [0.717, 1.165) is 24.5 Å². The smallest absolute Gasteiger partial charge is 0.177 e. The second kappa shape index (κ2) is 7.61. The third-order valence-corrected chi connectivity index (χ3v) is 7.26. The topological polar surface area (TPSA) is 33.2 Å². The fourth-order valence-electron chi connectivity index (χ4n) is 4.91. The first-order valence-electron chi connectivity index (χ1n) is 10.1. The molecule has 1 aromatic carbocycles. The lowest BCUT2D eigenvalue weighted by molar-refractivity contribution is 0.0996. The molecule has 0 bridgehead atoms. The second-order valence-corrected chi connectivity index (χ2v) is 8.87. The molecule has 3 heterocycles. The number of fused-ring (bicyclic) bond motifs is 2. The van der Waals surface area contributed by atoms with Crippen LogP contribution in [0, 0.1) is 5.92 Å². The van der Waals surface area contributed by atoms with Gasteiger partial charge in [0.1, 0.15) is 0 Å². The van der Waals surface area contributed by atoms with Gasteiger partial charge in [-0.1, -0.05) is 24.3 Å². The van der Waals surface area contributed by atoms with Gasteiger partial charge in [0.2, 0.25) is 0 Å². The Morgan fingerprint density at radius 1 is 1.00 bits per heavy atom. The van der Waals surface area contributed by atoms with Crippen molar-refractivity contribution in [2.45, 2.75) is 31.7 Å². The highest BCUT2D eigenvalue weighted by Gasteiger charge is 2.35. The van der Waals surface area contributed by atoms with Crippen molar-refractivity contribution in [3.05, 3.63) is 87.4 Å². The van der Waals surface area contributed by atoms with E-state index >= 15 is 0 Å². The quantitative estimate of drug-likeness (QED) is 0.638. The van der Waals surface area contributed by atoms with Crippen LogP contribution < -0.4 is 0 Å². The fraction of sp³-hybridized carbons (Fsp3) is 0.333. The van der Waals surface area contributed by atoms with Gasteiger partial charge in [0.05, 0.1) is 4.88 Å². The van der Waals surface area contributed by atoms with Gasteiger partial charge in [-0.25, -0.2) is 0 Å². The average Bonchev–Trinajstić information content (AvgIpc) is 3.17. The molecular weight excluding hydrogens is 364 g/mol. The first kappa shape index (κ1) is 17.8. The SMILES string of the molecule is O=C1Cc2ccccc2C(C2CCN(Cc3ccncc3)CC2)c2ccsc21. The number of piperidine rings is 1. The van der Waals surface area contributed by atoms with Gasteiger partial charge in [-0.15, -0.1) is 11.3 Å². The molecule has 1 fully saturated rings.